The fourth-order valence-corrected chi connectivity index (χ4v) is 7.77. The van der Waals surface area contributed by atoms with Crippen molar-refractivity contribution in [2.75, 3.05) is 11.1 Å². The number of fused-ring (bicyclic) bond motifs is 2. The molecule has 0 saturated carbocycles. The highest BCUT2D eigenvalue weighted by Gasteiger charge is 2.17. The zero-order valence-corrected chi connectivity index (χ0v) is 25.6. The molecule has 7 rings (SSSR count). The van der Waals surface area contributed by atoms with E-state index in [0.717, 1.165) is 42.6 Å². The molecule has 216 valence electrons. The number of para-hydroxylation sites is 1. The van der Waals surface area contributed by atoms with E-state index in [1.807, 2.05) is 108 Å². The molecule has 44 heavy (non-hydrogen) atoms. The third-order valence-electron chi connectivity index (χ3n) is 6.98. The van der Waals surface area contributed by atoms with E-state index < -0.39 is 0 Å². The second kappa shape index (κ2) is 12.6. The highest BCUT2D eigenvalue weighted by Crippen LogP contribution is 2.35. The fraction of sp³-hybridized carbons (Fsp3) is 0.0588. The maximum Gasteiger partial charge on any atom is 0.234 e. The molecular weight excluding hydrogens is 610 g/mol. The van der Waals surface area contributed by atoms with Crippen molar-refractivity contribution in [2.24, 2.45) is 0 Å². The van der Waals surface area contributed by atoms with Crippen molar-refractivity contribution < 1.29 is 9.18 Å². The Morgan fingerprint density at radius 2 is 1.57 bits per heavy atom. The molecule has 2 heterocycles. The average molecular weight is 634 g/mol. The largest absolute Gasteiger partial charge is 0.325 e. The number of hydrogen-bond donors (Lipinski definition) is 1. The van der Waals surface area contributed by atoms with Crippen molar-refractivity contribution in [2.45, 2.75) is 15.2 Å². The second-order valence-corrected chi connectivity index (χ2v) is 13.1. The number of aromatic nitrogens is 4. The molecule has 1 amide bonds. The topological polar surface area (TPSA) is 72.7 Å². The smallest absolute Gasteiger partial charge is 0.234 e. The summed E-state index contributed by atoms with van der Waals surface area (Å²) in [5.41, 5.74) is 4.52. The summed E-state index contributed by atoms with van der Waals surface area (Å²) >= 11 is 4.54. The van der Waals surface area contributed by atoms with Gasteiger partial charge in [-0.2, -0.15) is 0 Å². The first kappa shape index (κ1) is 28.3. The van der Waals surface area contributed by atoms with Gasteiger partial charge in [-0.3, -0.25) is 9.36 Å². The monoisotopic (exact) mass is 633 g/mol. The van der Waals surface area contributed by atoms with Crippen molar-refractivity contribution in [3.05, 3.63) is 127 Å². The van der Waals surface area contributed by atoms with Crippen LogP contribution in [0.4, 0.5) is 10.1 Å². The summed E-state index contributed by atoms with van der Waals surface area (Å²) in [6.45, 7) is 0. The maximum absolute atomic E-state index is 14.2. The third-order valence-corrected chi connectivity index (χ3v) is 10.1. The summed E-state index contributed by atoms with van der Waals surface area (Å²) in [5, 5.41) is 14.1. The number of halogens is 1. The quantitative estimate of drug-likeness (QED) is 0.160. The molecule has 6 nitrogen and oxygen atoms in total. The first-order valence-corrected chi connectivity index (χ1v) is 16.6. The van der Waals surface area contributed by atoms with E-state index >= 15 is 0 Å². The number of thioether (sulfide) groups is 2. The van der Waals surface area contributed by atoms with Crippen LogP contribution in [0.3, 0.4) is 0 Å². The molecule has 0 aliphatic heterocycles. The Labute approximate surface area is 265 Å². The lowest BCUT2D eigenvalue weighted by atomic mass is 10.1. The minimum Gasteiger partial charge on any atom is -0.325 e. The van der Waals surface area contributed by atoms with Gasteiger partial charge < -0.3 is 5.32 Å². The summed E-state index contributed by atoms with van der Waals surface area (Å²) in [6.07, 6.45) is 0. The Hall–Kier alpha value is -4.51. The first-order valence-electron chi connectivity index (χ1n) is 13.8. The van der Waals surface area contributed by atoms with E-state index in [4.69, 9.17) is 4.98 Å². The van der Waals surface area contributed by atoms with Crippen molar-refractivity contribution in [1.82, 2.24) is 19.7 Å². The lowest BCUT2D eigenvalue weighted by Gasteiger charge is -2.10. The number of nitrogens with zero attached hydrogens (tertiary/aromatic N) is 4. The molecule has 1 N–H and O–H groups in total. The normalized spacial score (nSPS) is 11.3. The number of rotatable bonds is 9. The van der Waals surface area contributed by atoms with Gasteiger partial charge in [0.05, 0.1) is 16.0 Å². The van der Waals surface area contributed by atoms with E-state index in [2.05, 4.69) is 15.5 Å². The fourth-order valence-electron chi connectivity index (χ4n) is 4.91. The number of hydrogen-bond acceptors (Lipinski definition) is 7. The minimum atomic E-state index is -0.211. The van der Waals surface area contributed by atoms with E-state index in [0.29, 0.717) is 22.0 Å². The van der Waals surface area contributed by atoms with Crippen LogP contribution in [0.2, 0.25) is 0 Å². The highest BCUT2D eigenvalue weighted by atomic mass is 32.2. The van der Waals surface area contributed by atoms with Crippen LogP contribution in [-0.4, -0.2) is 31.4 Å². The zero-order chi connectivity index (χ0) is 29.9. The predicted octanol–water partition coefficient (Wildman–Crippen LogP) is 8.86. The molecule has 7 aromatic rings. The molecule has 10 heteroatoms. The summed E-state index contributed by atoms with van der Waals surface area (Å²) in [7, 11) is 0. The first-order chi connectivity index (χ1) is 21.6. The number of nitrogens with one attached hydrogen (secondary N) is 1. The van der Waals surface area contributed by atoms with Gasteiger partial charge in [-0.05, 0) is 47.3 Å². The van der Waals surface area contributed by atoms with Crippen LogP contribution in [0.1, 0.15) is 5.56 Å². The summed E-state index contributed by atoms with van der Waals surface area (Å²) in [4.78, 5) is 17.8. The van der Waals surface area contributed by atoms with Gasteiger partial charge in [0.2, 0.25) is 5.91 Å². The lowest BCUT2D eigenvalue weighted by Crippen LogP contribution is -2.14. The summed E-state index contributed by atoms with van der Waals surface area (Å²) < 4.78 is 18.1. The van der Waals surface area contributed by atoms with Crippen molar-refractivity contribution >= 4 is 67.4 Å². The lowest BCUT2D eigenvalue weighted by molar-refractivity contribution is -0.113. The van der Waals surface area contributed by atoms with Crippen LogP contribution in [0.5, 0.6) is 0 Å². The summed E-state index contributed by atoms with van der Waals surface area (Å²) in [5.74, 6) is 1.23. The van der Waals surface area contributed by atoms with Crippen molar-refractivity contribution in [1.29, 1.82) is 0 Å². The Morgan fingerprint density at radius 1 is 0.818 bits per heavy atom. The Balaban J connectivity index is 1.03. The van der Waals surface area contributed by atoms with Gasteiger partial charge in [-0.25, -0.2) is 9.37 Å². The molecule has 0 aliphatic rings. The molecule has 2 aromatic heterocycles. The van der Waals surface area contributed by atoms with Gasteiger partial charge in [0.15, 0.2) is 15.3 Å². The van der Waals surface area contributed by atoms with Gasteiger partial charge >= 0.3 is 0 Å². The molecule has 0 unspecified atom stereocenters. The Morgan fingerprint density at radius 3 is 2.39 bits per heavy atom. The average Bonchev–Trinajstić information content (AvgIpc) is 3.68. The van der Waals surface area contributed by atoms with Crippen molar-refractivity contribution in [3.8, 4) is 17.1 Å². The maximum atomic E-state index is 14.2. The zero-order valence-electron chi connectivity index (χ0n) is 23.2. The number of amides is 1. The van der Waals surface area contributed by atoms with Crippen LogP contribution < -0.4 is 5.32 Å². The van der Waals surface area contributed by atoms with Gasteiger partial charge in [0.1, 0.15) is 5.82 Å². The van der Waals surface area contributed by atoms with Crippen LogP contribution in [-0.2, 0) is 10.5 Å². The van der Waals surface area contributed by atoms with Crippen molar-refractivity contribution in [3.63, 3.8) is 0 Å². The number of carbonyl (C=O) groups is 1. The van der Waals surface area contributed by atoms with Crippen LogP contribution >= 0.6 is 34.9 Å². The molecule has 0 spiro atoms. The van der Waals surface area contributed by atoms with E-state index in [9.17, 15) is 9.18 Å². The Bertz CT molecular complexity index is 2100. The number of benzene rings is 5. The van der Waals surface area contributed by atoms with Gasteiger partial charge in [0, 0.05) is 28.1 Å². The van der Waals surface area contributed by atoms with Crippen LogP contribution in [0, 0.1) is 5.82 Å². The van der Waals surface area contributed by atoms with Gasteiger partial charge in [-0.1, -0.05) is 102 Å². The van der Waals surface area contributed by atoms with E-state index in [-0.39, 0.29) is 17.5 Å². The third kappa shape index (κ3) is 5.96. The SMILES string of the molecule is O=C(CSc1nnc(-c2ccccc2)n1-c1ccccc1)Nc1ccc2nc(SCc3ccc(F)c4ccccc34)sc2c1. The molecule has 0 aliphatic carbocycles. The van der Waals surface area contributed by atoms with Gasteiger partial charge in [-0.15, -0.1) is 21.5 Å². The second-order valence-electron chi connectivity index (χ2n) is 9.88. The Kier molecular flexibility index (Phi) is 8.10. The standard InChI is InChI=1S/C34H24FN5OS3/c35-28-17-15-23(26-13-7-8-14-27(26)28)20-43-34-37-29-18-16-24(19-30(29)44-34)36-31(41)21-42-33-39-38-32(22-9-3-1-4-10-22)40(33)25-11-5-2-6-12-25/h1-19H,20-21H2,(H,36,41). The van der Waals surface area contributed by atoms with Crippen LogP contribution in [0.15, 0.2) is 125 Å². The van der Waals surface area contributed by atoms with Gasteiger partial charge in [0.25, 0.3) is 0 Å². The molecule has 0 radical (unpaired) electrons. The number of anilines is 1. The number of carbonyl (C=O) groups excluding carboxylic acids is 1. The molecule has 0 atom stereocenters. The molecule has 5 aromatic carbocycles. The van der Waals surface area contributed by atoms with Crippen LogP contribution in [0.25, 0.3) is 38.1 Å². The molecule has 0 bridgehead atoms. The molecule has 0 saturated heterocycles. The van der Waals surface area contributed by atoms with E-state index in [1.54, 1.807) is 29.2 Å². The molecule has 0 fully saturated rings. The summed E-state index contributed by atoms with van der Waals surface area (Å²) in [6, 6.07) is 36.4. The predicted molar refractivity (Wildman–Crippen MR) is 179 cm³/mol. The highest BCUT2D eigenvalue weighted by molar-refractivity contribution is 8.00. The molecular formula is C34H24FN5OS3. The van der Waals surface area contributed by atoms with E-state index in [1.165, 1.54) is 17.8 Å². The number of thiazole rings is 1. The minimum absolute atomic E-state index is 0.138.